The number of fused-ring (bicyclic) bond motifs is 1. The molecule has 0 amide bonds. The lowest BCUT2D eigenvalue weighted by molar-refractivity contribution is 0.112. The second-order valence-corrected chi connectivity index (χ2v) is 3.62. The number of hydrogen-bond acceptors (Lipinski definition) is 2. The number of rotatable bonds is 1. The molecule has 4 heteroatoms. The van der Waals surface area contributed by atoms with E-state index in [0.717, 1.165) is 11.3 Å². The van der Waals surface area contributed by atoms with Gasteiger partial charge in [0.05, 0.1) is 0 Å². The van der Waals surface area contributed by atoms with Gasteiger partial charge >= 0.3 is 0 Å². The van der Waals surface area contributed by atoms with Gasteiger partial charge in [0.1, 0.15) is 10.7 Å². The number of aldehydes is 1. The maximum Gasteiger partial charge on any atom is 0.163 e. The van der Waals surface area contributed by atoms with E-state index in [1.165, 1.54) is 18.2 Å². The number of hydrogen-bond donors (Lipinski definition) is 0. The second kappa shape index (κ2) is 2.88. The fraction of sp³-hybridized carbons (Fsp3) is 0. The Labute approximate surface area is 76.6 Å². The molecule has 0 radical (unpaired) electrons. The van der Waals surface area contributed by atoms with Gasteiger partial charge in [-0.25, -0.2) is 8.78 Å². The molecule has 0 unspecified atom stereocenters. The van der Waals surface area contributed by atoms with E-state index >= 15 is 0 Å². The van der Waals surface area contributed by atoms with E-state index in [9.17, 15) is 13.6 Å². The first-order chi connectivity index (χ1) is 6.22. The molecule has 0 aliphatic rings. The van der Waals surface area contributed by atoms with E-state index in [4.69, 9.17) is 0 Å². The van der Waals surface area contributed by atoms with Crippen molar-refractivity contribution in [3.8, 4) is 0 Å². The van der Waals surface area contributed by atoms with Crippen molar-refractivity contribution in [2.75, 3.05) is 0 Å². The molecule has 0 spiro atoms. The lowest BCUT2D eigenvalue weighted by Crippen LogP contribution is -1.77. The standard InChI is InChI=1S/C9H4F2OS/c10-5-1-2-6-7(3-5)13-8(4-12)9(6)11/h1-4H. The van der Waals surface area contributed by atoms with Gasteiger partial charge in [-0.2, -0.15) is 0 Å². The minimum atomic E-state index is -0.560. The average molecular weight is 198 g/mol. The molecule has 0 atom stereocenters. The zero-order chi connectivity index (χ0) is 9.42. The smallest absolute Gasteiger partial charge is 0.163 e. The summed E-state index contributed by atoms with van der Waals surface area (Å²) >= 11 is 0.955. The van der Waals surface area contributed by atoms with Crippen molar-refractivity contribution in [2.24, 2.45) is 0 Å². The molecule has 0 saturated heterocycles. The highest BCUT2D eigenvalue weighted by atomic mass is 32.1. The summed E-state index contributed by atoms with van der Waals surface area (Å²) in [5, 5.41) is 0.300. The number of halogens is 2. The van der Waals surface area contributed by atoms with Gasteiger partial charge in [0.25, 0.3) is 0 Å². The van der Waals surface area contributed by atoms with E-state index < -0.39 is 11.6 Å². The monoisotopic (exact) mass is 198 g/mol. The van der Waals surface area contributed by atoms with Gasteiger partial charge in [0.2, 0.25) is 0 Å². The van der Waals surface area contributed by atoms with Crippen LogP contribution >= 0.6 is 11.3 Å². The molecule has 0 aliphatic heterocycles. The van der Waals surface area contributed by atoms with Gasteiger partial charge in [-0.1, -0.05) is 0 Å². The summed E-state index contributed by atoms with van der Waals surface area (Å²) in [4.78, 5) is 10.4. The Morgan fingerprint density at radius 1 is 1.31 bits per heavy atom. The van der Waals surface area contributed by atoms with E-state index in [1.54, 1.807) is 0 Å². The minimum absolute atomic E-state index is 0.0144. The van der Waals surface area contributed by atoms with Crippen LogP contribution in [0.5, 0.6) is 0 Å². The van der Waals surface area contributed by atoms with Crippen molar-refractivity contribution < 1.29 is 13.6 Å². The van der Waals surface area contributed by atoms with Gasteiger partial charge in [-0.05, 0) is 18.2 Å². The van der Waals surface area contributed by atoms with Crippen molar-refractivity contribution in [2.45, 2.75) is 0 Å². The lowest BCUT2D eigenvalue weighted by atomic mass is 10.2. The Balaban J connectivity index is 2.83. The maximum absolute atomic E-state index is 13.2. The van der Waals surface area contributed by atoms with Gasteiger partial charge < -0.3 is 0 Å². The first-order valence-electron chi connectivity index (χ1n) is 3.55. The fourth-order valence-electron chi connectivity index (χ4n) is 1.13. The highest BCUT2D eigenvalue weighted by molar-refractivity contribution is 7.20. The molecule has 2 aromatic rings. The number of benzene rings is 1. The second-order valence-electron chi connectivity index (χ2n) is 2.54. The summed E-state index contributed by atoms with van der Waals surface area (Å²) in [6, 6.07) is 3.73. The Bertz CT molecular complexity index is 476. The molecule has 1 aromatic heterocycles. The van der Waals surface area contributed by atoms with Crippen LogP contribution in [0.1, 0.15) is 9.67 Å². The third-order valence-corrected chi connectivity index (χ3v) is 2.78. The van der Waals surface area contributed by atoms with Crippen molar-refractivity contribution in [3.63, 3.8) is 0 Å². The molecule has 0 N–H and O–H groups in total. The van der Waals surface area contributed by atoms with Crippen molar-refractivity contribution in [1.29, 1.82) is 0 Å². The van der Waals surface area contributed by atoms with E-state index in [1.807, 2.05) is 0 Å². The molecule has 2 rings (SSSR count). The summed E-state index contributed by atoms with van der Waals surface area (Å²) in [7, 11) is 0. The predicted octanol–water partition coefficient (Wildman–Crippen LogP) is 2.99. The van der Waals surface area contributed by atoms with Crippen LogP contribution in [0.15, 0.2) is 18.2 Å². The first-order valence-corrected chi connectivity index (χ1v) is 4.37. The van der Waals surface area contributed by atoms with Crippen LogP contribution in [-0.4, -0.2) is 6.29 Å². The van der Waals surface area contributed by atoms with E-state index in [0.29, 0.717) is 16.4 Å². The summed E-state index contributed by atoms with van der Waals surface area (Å²) in [6.07, 6.45) is 0.442. The average Bonchev–Trinajstić information content (AvgIpc) is 2.42. The molecule has 0 fully saturated rings. The quantitative estimate of drug-likeness (QED) is 0.644. The molecule has 0 aliphatic carbocycles. The summed E-state index contributed by atoms with van der Waals surface area (Å²) in [5.74, 6) is -0.985. The van der Waals surface area contributed by atoms with Crippen molar-refractivity contribution in [1.82, 2.24) is 0 Å². The zero-order valence-electron chi connectivity index (χ0n) is 6.38. The predicted molar refractivity (Wildman–Crippen MR) is 47.1 cm³/mol. The minimum Gasteiger partial charge on any atom is -0.297 e. The Hall–Kier alpha value is -1.29. The van der Waals surface area contributed by atoms with Crippen LogP contribution in [0.3, 0.4) is 0 Å². The van der Waals surface area contributed by atoms with Gasteiger partial charge in [-0.3, -0.25) is 4.79 Å². The third kappa shape index (κ3) is 1.23. The van der Waals surface area contributed by atoms with Crippen LogP contribution < -0.4 is 0 Å². The third-order valence-electron chi connectivity index (χ3n) is 1.72. The highest BCUT2D eigenvalue weighted by Crippen LogP contribution is 2.29. The number of carbonyl (C=O) groups excluding carboxylic acids is 1. The Morgan fingerprint density at radius 3 is 2.77 bits per heavy atom. The van der Waals surface area contributed by atoms with Gasteiger partial charge in [-0.15, -0.1) is 11.3 Å². The molecule has 66 valence electrons. The van der Waals surface area contributed by atoms with Crippen LogP contribution in [0.25, 0.3) is 10.1 Å². The van der Waals surface area contributed by atoms with Crippen LogP contribution in [0.4, 0.5) is 8.78 Å². The summed E-state index contributed by atoms with van der Waals surface area (Å²) < 4.78 is 26.4. The molecular formula is C9H4F2OS. The SMILES string of the molecule is O=Cc1sc2cc(F)ccc2c1F. The number of carbonyl (C=O) groups is 1. The first kappa shape index (κ1) is 8.31. The molecule has 0 bridgehead atoms. The topological polar surface area (TPSA) is 17.1 Å². The molecule has 13 heavy (non-hydrogen) atoms. The van der Waals surface area contributed by atoms with Crippen molar-refractivity contribution >= 4 is 27.7 Å². The molecule has 1 heterocycles. The fourth-order valence-corrected chi connectivity index (χ4v) is 2.06. The summed E-state index contributed by atoms with van der Waals surface area (Å²) in [6.45, 7) is 0. The molecule has 0 saturated carbocycles. The van der Waals surface area contributed by atoms with Crippen LogP contribution in [0.2, 0.25) is 0 Å². The zero-order valence-corrected chi connectivity index (χ0v) is 7.20. The molecule has 1 aromatic carbocycles. The number of thiophene rings is 1. The normalized spacial score (nSPS) is 10.6. The molecular weight excluding hydrogens is 194 g/mol. The lowest BCUT2D eigenvalue weighted by Gasteiger charge is -1.88. The highest BCUT2D eigenvalue weighted by Gasteiger charge is 2.10. The van der Waals surface area contributed by atoms with Crippen molar-refractivity contribution in [3.05, 3.63) is 34.7 Å². The van der Waals surface area contributed by atoms with E-state index in [2.05, 4.69) is 0 Å². The van der Waals surface area contributed by atoms with Crippen LogP contribution in [0, 0.1) is 11.6 Å². The Kier molecular flexibility index (Phi) is 1.84. The maximum atomic E-state index is 13.2. The van der Waals surface area contributed by atoms with Gasteiger partial charge in [0, 0.05) is 10.1 Å². The largest absolute Gasteiger partial charge is 0.297 e. The molecule has 1 nitrogen and oxygen atoms in total. The van der Waals surface area contributed by atoms with E-state index in [-0.39, 0.29) is 4.88 Å². The van der Waals surface area contributed by atoms with Gasteiger partial charge in [0.15, 0.2) is 12.1 Å². The Morgan fingerprint density at radius 2 is 2.08 bits per heavy atom. The van der Waals surface area contributed by atoms with Crippen LogP contribution in [-0.2, 0) is 0 Å². The summed E-state index contributed by atoms with van der Waals surface area (Å²) in [5.41, 5.74) is 0.